The van der Waals surface area contributed by atoms with E-state index in [1.165, 1.54) is 25.9 Å². The number of rotatable bonds is 2. The van der Waals surface area contributed by atoms with E-state index in [0.717, 1.165) is 23.4 Å². The topological polar surface area (TPSA) is 41.6 Å². The molecule has 1 N–H and O–H groups in total. The summed E-state index contributed by atoms with van der Waals surface area (Å²) in [5, 5.41) is 3.24. The molecule has 116 valence electrons. The molecule has 4 aliphatic rings. The summed E-state index contributed by atoms with van der Waals surface area (Å²) >= 11 is 0. The van der Waals surface area contributed by atoms with E-state index in [2.05, 4.69) is 10.2 Å². The van der Waals surface area contributed by atoms with Crippen molar-refractivity contribution in [2.45, 2.75) is 31.9 Å². The van der Waals surface area contributed by atoms with E-state index in [9.17, 15) is 4.79 Å². The molecule has 1 amide bonds. The van der Waals surface area contributed by atoms with Crippen molar-refractivity contribution in [1.29, 1.82) is 0 Å². The summed E-state index contributed by atoms with van der Waals surface area (Å²) in [4.78, 5) is 15.0. The molecule has 1 aromatic carbocycles. The summed E-state index contributed by atoms with van der Waals surface area (Å²) in [5.41, 5.74) is 1.71. The fourth-order valence-corrected chi connectivity index (χ4v) is 3.79. The molecule has 0 spiro atoms. The van der Waals surface area contributed by atoms with Gasteiger partial charge in [-0.15, -0.1) is 0 Å². The first-order valence-corrected chi connectivity index (χ1v) is 8.21. The Bertz CT molecular complexity index is 618. The Labute approximate surface area is 131 Å². The number of hydrogen-bond donors (Lipinski definition) is 1. The van der Waals surface area contributed by atoms with Crippen LogP contribution in [0.2, 0.25) is 0 Å². The molecule has 22 heavy (non-hydrogen) atoms. The Morgan fingerprint density at radius 1 is 1.32 bits per heavy atom. The van der Waals surface area contributed by atoms with Crippen molar-refractivity contribution in [3.8, 4) is 5.75 Å². The van der Waals surface area contributed by atoms with E-state index in [-0.39, 0.29) is 12.0 Å². The second-order valence-corrected chi connectivity index (χ2v) is 6.65. The van der Waals surface area contributed by atoms with Crippen LogP contribution in [0.5, 0.6) is 5.75 Å². The molecule has 0 aromatic heterocycles. The number of ether oxygens (including phenoxy) is 1. The Balaban J connectivity index is 1.49. The van der Waals surface area contributed by atoms with Gasteiger partial charge in [-0.05, 0) is 63.0 Å². The summed E-state index contributed by atoms with van der Waals surface area (Å²) in [6.07, 6.45) is 6.57. The molecule has 4 heterocycles. The lowest BCUT2D eigenvalue weighted by atomic mass is 9.84. The first kappa shape index (κ1) is 13.8. The second-order valence-electron chi connectivity index (χ2n) is 6.65. The molecule has 4 aliphatic heterocycles. The largest absolute Gasteiger partial charge is 0.486 e. The van der Waals surface area contributed by atoms with Crippen LogP contribution in [0.4, 0.5) is 0 Å². The predicted molar refractivity (Wildman–Crippen MR) is 86.0 cm³/mol. The number of hydrogen-bond acceptors (Lipinski definition) is 3. The number of fused-ring (bicyclic) bond motifs is 4. The van der Waals surface area contributed by atoms with Crippen LogP contribution >= 0.6 is 0 Å². The molecule has 4 nitrogen and oxygen atoms in total. The highest BCUT2D eigenvalue weighted by molar-refractivity contribution is 5.95. The molecule has 5 rings (SSSR count). The van der Waals surface area contributed by atoms with Crippen LogP contribution in [0.3, 0.4) is 0 Å². The van der Waals surface area contributed by atoms with Gasteiger partial charge in [0, 0.05) is 23.7 Å². The lowest BCUT2D eigenvalue weighted by Gasteiger charge is -2.44. The molecule has 0 radical (unpaired) electrons. The number of carbonyl (C=O) groups excluding carboxylic acids is 1. The average Bonchev–Trinajstić information content (AvgIpc) is 2.55. The van der Waals surface area contributed by atoms with Crippen molar-refractivity contribution in [2.75, 3.05) is 19.6 Å². The summed E-state index contributed by atoms with van der Waals surface area (Å²) in [6, 6.07) is 5.99. The van der Waals surface area contributed by atoms with Gasteiger partial charge in [0.1, 0.15) is 11.9 Å². The number of carbonyl (C=O) groups is 1. The number of piperidine rings is 3. The Hall–Kier alpha value is -1.81. The third-order valence-corrected chi connectivity index (χ3v) is 5.10. The molecule has 3 fully saturated rings. The maximum atomic E-state index is 12.5. The van der Waals surface area contributed by atoms with Crippen molar-refractivity contribution < 1.29 is 9.53 Å². The molecule has 3 saturated heterocycles. The minimum atomic E-state index is 0.0357. The third kappa shape index (κ3) is 2.52. The number of nitrogens with zero attached hydrogens (tertiary/aromatic N) is 1. The van der Waals surface area contributed by atoms with Gasteiger partial charge in [-0.1, -0.05) is 6.08 Å². The normalized spacial score (nSPS) is 32.2. The monoisotopic (exact) mass is 298 g/mol. The van der Waals surface area contributed by atoms with Gasteiger partial charge in [0.15, 0.2) is 0 Å². The second kappa shape index (κ2) is 5.43. The van der Waals surface area contributed by atoms with Crippen molar-refractivity contribution in [1.82, 2.24) is 10.2 Å². The van der Waals surface area contributed by atoms with Crippen LogP contribution in [0.15, 0.2) is 24.3 Å². The van der Waals surface area contributed by atoms with Gasteiger partial charge >= 0.3 is 0 Å². The first-order valence-electron chi connectivity index (χ1n) is 8.21. The molecule has 2 bridgehead atoms. The van der Waals surface area contributed by atoms with E-state index in [0.29, 0.717) is 12.0 Å². The van der Waals surface area contributed by atoms with Crippen LogP contribution in [-0.4, -0.2) is 42.6 Å². The standard InChI is InChI=1S/C18H22N2O2/c1-12-2-3-14-10-15(4-5-17(14)22-12)18(21)19-16-11-20-8-6-13(16)7-9-20/h2-5,10,12-13,16H,6-9,11H2,1H3,(H,19,21). The highest BCUT2D eigenvalue weighted by Gasteiger charge is 2.35. The highest BCUT2D eigenvalue weighted by atomic mass is 16.5. The Kier molecular flexibility index (Phi) is 3.41. The maximum absolute atomic E-state index is 12.5. The molecule has 2 unspecified atom stereocenters. The van der Waals surface area contributed by atoms with Gasteiger partial charge < -0.3 is 15.0 Å². The Morgan fingerprint density at radius 3 is 2.86 bits per heavy atom. The molecule has 4 heteroatoms. The van der Waals surface area contributed by atoms with Gasteiger partial charge in [-0.2, -0.15) is 0 Å². The Morgan fingerprint density at radius 2 is 2.14 bits per heavy atom. The SMILES string of the molecule is CC1C=Cc2cc(C(=O)NC3CN4CCC3CC4)ccc2O1. The van der Waals surface area contributed by atoms with Crippen LogP contribution in [0, 0.1) is 5.92 Å². The molecule has 0 saturated carbocycles. The predicted octanol–water partition coefficient (Wildman–Crippen LogP) is 2.30. The van der Waals surface area contributed by atoms with Crippen LogP contribution in [0.25, 0.3) is 6.08 Å². The van der Waals surface area contributed by atoms with Gasteiger partial charge in [-0.3, -0.25) is 4.79 Å². The van der Waals surface area contributed by atoms with Gasteiger partial charge in [-0.25, -0.2) is 0 Å². The summed E-state index contributed by atoms with van der Waals surface area (Å²) in [6.45, 7) is 5.39. The lowest BCUT2D eigenvalue weighted by molar-refractivity contribution is 0.0620. The fraction of sp³-hybridized carbons (Fsp3) is 0.500. The minimum Gasteiger partial charge on any atom is -0.486 e. The smallest absolute Gasteiger partial charge is 0.251 e. The minimum absolute atomic E-state index is 0.0357. The van der Waals surface area contributed by atoms with Crippen molar-refractivity contribution >= 4 is 12.0 Å². The van der Waals surface area contributed by atoms with Crippen LogP contribution in [0.1, 0.15) is 35.7 Å². The number of nitrogens with one attached hydrogen (secondary N) is 1. The van der Waals surface area contributed by atoms with Crippen molar-refractivity contribution in [3.05, 3.63) is 35.4 Å². The third-order valence-electron chi connectivity index (χ3n) is 5.10. The van der Waals surface area contributed by atoms with E-state index >= 15 is 0 Å². The number of benzene rings is 1. The van der Waals surface area contributed by atoms with E-state index in [1.807, 2.05) is 37.3 Å². The molecule has 0 aliphatic carbocycles. The lowest BCUT2D eigenvalue weighted by Crippen LogP contribution is -2.57. The van der Waals surface area contributed by atoms with Crippen molar-refractivity contribution in [2.24, 2.45) is 5.92 Å². The van der Waals surface area contributed by atoms with Gasteiger partial charge in [0.25, 0.3) is 5.91 Å². The number of amides is 1. The highest BCUT2D eigenvalue weighted by Crippen LogP contribution is 2.29. The zero-order valence-electron chi connectivity index (χ0n) is 12.9. The average molecular weight is 298 g/mol. The molecular weight excluding hydrogens is 276 g/mol. The summed E-state index contributed by atoms with van der Waals surface area (Å²) in [7, 11) is 0. The quantitative estimate of drug-likeness (QED) is 0.911. The molecular formula is C18H22N2O2. The van der Waals surface area contributed by atoms with Crippen LogP contribution < -0.4 is 10.1 Å². The first-order chi connectivity index (χ1) is 10.7. The zero-order chi connectivity index (χ0) is 15.1. The maximum Gasteiger partial charge on any atom is 0.251 e. The van der Waals surface area contributed by atoms with Gasteiger partial charge in [0.2, 0.25) is 0 Å². The zero-order valence-corrected chi connectivity index (χ0v) is 12.9. The molecule has 1 aromatic rings. The van der Waals surface area contributed by atoms with Crippen molar-refractivity contribution in [3.63, 3.8) is 0 Å². The van der Waals surface area contributed by atoms with E-state index in [1.54, 1.807) is 0 Å². The fourth-order valence-electron chi connectivity index (χ4n) is 3.79. The molecule has 2 atom stereocenters. The van der Waals surface area contributed by atoms with Gasteiger partial charge in [0.05, 0.1) is 0 Å². The van der Waals surface area contributed by atoms with E-state index < -0.39 is 0 Å². The summed E-state index contributed by atoms with van der Waals surface area (Å²) < 4.78 is 5.73. The van der Waals surface area contributed by atoms with Crippen LogP contribution in [-0.2, 0) is 0 Å². The summed E-state index contributed by atoms with van der Waals surface area (Å²) in [5.74, 6) is 1.54. The van der Waals surface area contributed by atoms with E-state index in [4.69, 9.17) is 4.74 Å².